The van der Waals surface area contributed by atoms with E-state index in [4.69, 9.17) is 11.6 Å². The number of halogens is 1. The van der Waals surface area contributed by atoms with E-state index in [1.807, 2.05) is 24.3 Å². The van der Waals surface area contributed by atoms with Crippen LogP contribution in [-0.2, 0) is 5.60 Å². The number of piperidine rings is 1. The summed E-state index contributed by atoms with van der Waals surface area (Å²) in [5, 5.41) is 24.7. The van der Waals surface area contributed by atoms with Gasteiger partial charge in [0.2, 0.25) is 0 Å². The third-order valence-corrected chi connectivity index (χ3v) is 6.41. The molecule has 2 saturated carbocycles. The third-order valence-electron chi connectivity index (χ3n) is 6.16. The minimum Gasteiger partial charge on any atom is -0.411 e. The zero-order valence-electron chi connectivity index (χ0n) is 13.2. The van der Waals surface area contributed by atoms with Crippen LogP contribution in [0.15, 0.2) is 29.4 Å². The van der Waals surface area contributed by atoms with E-state index in [-0.39, 0.29) is 6.04 Å². The third kappa shape index (κ3) is 2.57. The summed E-state index contributed by atoms with van der Waals surface area (Å²) in [6, 6.07) is 7.82. The molecule has 0 amide bonds. The molecule has 3 fully saturated rings. The molecule has 4 rings (SSSR count). The Kier molecular flexibility index (Phi) is 3.87. The maximum Gasteiger partial charge on any atom is 0.0920 e. The van der Waals surface area contributed by atoms with E-state index in [1.54, 1.807) is 0 Å². The van der Waals surface area contributed by atoms with E-state index in [0.29, 0.717) is 29.7 Å². The molecule has 1 saturated heterocycles. The van der Waals surface area contributed by atoms with Crippen LogP contribution in [0.4, 0.5) is 0 Å². The van der Waals surface area contributed by atoms with Crippen molar-refractivity contribution in [1.82, 2.24) is 4.90 Å². The van der Waals surface area contributed by atoms with Gasteiger partial charge in [-0.1, -0.05) is 28.9 Å². The summed E-state index contributed by atoms with van der Waals surface area (Å²) in [5.74, 6) is 1.11. The van der Waals surface area contributed by atoms with Gasteiger partial charge >= 0.3 is 0 Å². The van der Waals surface area contributed by atoms with Crippen molar-refractivity contribution in [3.8, 4) is 0 Å². The van der Waals surface area contributed by atoms with Gasteiger partial charge < -0.3 is 10.3 Å². The number of oxime groups is 1. The standard InChI is InChI=1S/C18H23ClN2O2/c19-15-5-3-14(4-6-15)18(22)7-9-21(10-8-18)17-13-2-1-12(11-13)16(17)20-23/h3-6,12-13,17,22-23H,1-2,7-11H2/b20-16+/t12-,13+,17+/m0/s1. The summed E-state index contributed by atoms with van der Waals surface area (Å²) < 4.78 is 0. The Bertz CT molecular complexity index is 608. The molecule has 2 bridgehead atoms. The molecule has 124 valence electrons. The zero-order chi connectivity index (χ0) is 16.0. The number of benzene rings is 1. The Labute approximate surface area is 141 Å². The fourth-order valence-electron chi connectivity index (χ4n) is 4.90. The highest BCUT2D eigenvalue weighted by Gasteiger charge is 2.49. The first-order valence-electron chi connectivity index (χ1n) is 8.55. The highest BCUT2D eigenvalue weighted by molar-refractivity contribution is 6.30. The highest BCUT2D eigenvalue weighted by atomic mass is 35.5. The van der Waals surface area contributed by atoms with Crippen molar-refractivity contribution in [1.29, 1.82) is 0 Å². The van der Waals surface area contributed by atoms with Crippen LogP contribution in [0, 0.1) is 11.8 Å². The molecular weight excluding hydrogens is 312 g/mol. The van der Waals surface area contributed by atoms with Gasteiger partial charge in [-0.25, -0.2) is 0 Å². The quantitative estimate of drug-likeness (QED) is 0.645. The summed E-state index contributed by atoms with van der Waals surface area (Å²) >= 11 is 5.95. The molecule has 1 aliphatic heterocycles. The molecule has 0 radical (unpaired) electrons. The smallest absolute Gasteiger partial charge is 0.0920 e. The minimum atomic E-state index is -0.769. The molecule has 1 aromatic carbocycles. The Morgan fingerprint density at radius 3 is 2.48 bits per heavy atom. The second-order valence-electron chi connectivity index (χ2n) is 7.31. The lowest BCUT2D eigenvalue weighted by atomic mass is 9.82. The monoisotopic (exact) mass is 334 g/mol. The van der Waals surface area contributed by atoms with E-state index in [0.717, 1.165) is 24.4 Å². The molecule has 3 atom stereocenters. The van der Waals surface area contributed by atoms with Crippen LogP contribution in [0.1, 0.15) is 37.7 Å². The van der Waals surface area contributed by atoms with Crippen molar-refractivity contribution in [3.05, 3.63) is 34.9 Å². The topological polar surface area (TPSA) is 56.1 Å². The van der Waals surface area contributed by atoms with Crippen LogP contribution in [-0.4, -0.2) is 40.1 Å². The highest BCUT2D eigenvalue weighted by Crippen LogP contribution is 2.46. The normalized spacial score (nSPS) is 35.0. The number of hydrogen-bond donors (Lipinski definition) is 2. The maximum absolute atomic E-state index is 11.0. The largest absolute Gasteiger partial charge is 0.411 e. The van der Waals surface area contributed by atoms with Gasteiger partial charge in [0.25, 0.3) is 0 Å². The number of rotatable bonds is 2. The summed E-state index contributed by atoms with van der Waals surface area (Å²) in [4.78, 5) is 2.42. The maximum atomic E-state index is 11.0. The van der Waals surface area contributed by atoms with E-state index >= 15 is 0 Å². The van der Waals surface area contributed by atoms with E-state index in [9.17, 15) is 10.3 Å². The second-order valence-corrected chi connectivity index (χ2v) is 7.75. The van der Waals surface area contributed by atoms with Crippen molar-refractivity contribution < 1.29 is 10.3 Å². The van der Waals surface area contributed by atoms with Crippen LogP contribution in [0.2, 0.25) is 5.02 Å². The molecular formula is C18H23ClN2O2. The molecule has 3 aliphatic rings. The fraction of sp³-hybridized carbons (Fsp3) is 0.611. The Balaban J connectivity index is 1.48. The lowest BCUT2D eigenvalue weighted by molar-refractivity contribution is -0.0338. The Morgan fingerprint density at radius 2 is 1.83 bits per heavy atom. The SMILES string of the molecule is O/N=C1\[C@H]2CC[C@H](C2)[C@H]1N1CCC(O)(c2ccc(Cl)cc2)CC1. The molecule has 1 heterocycles. The van der Waals surface area contributed by atoms with Crippen molar-refractivity contribution in [2.75, 3.05) is 13.1 Å². The first-order chi connectivity index (χ1) is 11.1. The van der Waals surface area contributed by atoms with Crippen molar-refractivity contribution in [2.24, 2.45) is 17.0 Å². The lowest BCUT2D eigenvalue weighted by Crippen LogP contribution is -2.51. The van der Waals surface area contributed by atoms with Gasteiger partial charge in [-0.2, -0.15) is 0 Å². The second kappa shape index (κ2) is 5.76. The lowest BCUT2D eigenvalue weighted by Gasteiger charge is -2.43. The fourth-order valence-corrected chi connectivity index (χ4v) is 5.03. The van der Waals surface area contributed by atoms with Crippen LogP contribution >= 0.6 is 11.6 Å². The minimum absolute atomic E-state index is 0.286. The molecule has 1 aromatic rings. The van der Waals surface area contributed by atoms with E-state index in [1.165, 1.54) is 19.3 Å². The van der Waals surface area contributed by atoms with Gasteiger partial charge in [0.15, 0.2) is 0 Å². The first-order valence-corrected chi connectivity index (χ1v) is 8.93. The number of aliphatic hydroxyl groups is 1. The number of likely N-dealkylation sites (tertiary alicyclic amines) is 1. The molecule has 0 spiro atoms. The van der Waals surface area contributed by atoms with Gasteiger partial charge in [-0.15, -0.1) is 0 Å². The van der Waals surface area contributed by atoms with Gasteiger partial charge in [0.05, 0.1) is 17.4 Å². The van der Waals surface area contributed by atoms with Gasteiger partial charge in [0.1, 0.15) is 0 Å². The molecule has 2 aliphatic carbocycles. The molecule has 5 heteroatoms. The number of nitrogens with zero attached hydrogens (tertiary/aromatic N) is 2. The average molecular weight is 335 g/mol. The van der Waals surface area contributed by atoms with Crippen LogP contribution in [0.3, 0.4) is 0 Å². The van der Waals surface area contributed by atoms with Crippen LogP contribution in [0.5, 0.6) is 0 Å². The van der Waals surface area contributed by atoms with Crippen molar-refractivity contribution in [3.63, 3.8) is 0 Å². The summed E-state index contributed by atoms with van der Waals surface area (Å²) in [7, 11) is 0. The molecule has 23 heavy (non-hydrogen) atoms. The molecule has 0 unspecified atom stereocenters. The summed E-state index contributed by atoms with van der Waals surface area (Å²) in [6.07, 6.45) is 5.00. The molecule has 4 nitrogen and oxygen atoms in total. The van der Waals surface area contributed by atoms with Gasteiger partial charge in [-0.3, -0.25) is 4.90 Å². The van der Waals surface area contributed by atoms with Crippen molar-refractivity contribution >= 4 is 17.3 Å². The number of hydrogen-bond acceptors (Lipinski definition) is 4. The summed E-state index contributed by atoms with van der Waals surface area (Å²) in [6.45, 7) is 1.68. The molecule has 0 aromatic heterocycles. The summed E-state index contributed by atoms with van der Waals surface area (Å²) in [5.41, 5.74) is 1.17. The Morgan fingerprint density at radius 1 is 1.13 bits per heavy atom. The van der Waals surface area contributed by atoms with E-state index in [2.05, 4.69) is 10.1 Å². The average Bonchev–Trinajstić information content (AvgIpc) is 3.17. The number of fused-ring (bicyclic) bond motifs is 2. The Hall–Kier alpha value is -1.10. The zero-order valence-corrected chi connectivity index (χ0v) is 13.9. The first kappa shape index (κ1) is 15.4. The predicted molar refractivity (Wildman–Crippen MR) is 90.0 cm³/mol. The van der Waals surface area contributed by atoms with Crippen LogP contribution in [0.25, 0.3) is 0 Å². The predicted octanol–water partition coefficient (Wildman–Crippen LogP) is 3.25. The van der Waals surface area contributed by atoms with Crippen LogP contribution < -0.4 is 0 Å². The molecule has 2 N–H and O–H groups in total. The van der Waals surface area contributed by atoms with E-state index < -0.39 is 5.60 Å². The van der Waals surface area contributed by atoms with Gasteiger partial charge in [0, 0.05) is 24.0 Å². The van der Waals surface area contributed by atoms with Crippen molar-refractivity contribution in [2.45, 2.75) is 43.7 Å². The van der Waals surface area contributed by atoms with Gasteiger partial charge in [-0.05, 0) is 55.7 Å².